The number of nitrogens with zero attached hydrogens (tertiary/aromatic N) is 1. The molecular weight excluding hydrogens is 628 g/mol. The summed E-state index contributed by atoms with van der Waals surface area (Å²) in [6, 6.07) is -0.915. The molecule has 0 spiro atoms. The number of aliphatic hydroxyl groups excluding tert-OH is 1. The highest BCUT2D eigenvalue weighted by Gasteiger charge is 2.56. The number of thioether (sulfide) groups is 1. The van der Waals surface area contributed by atoms with Crippen molar-refractivity contribution in [2.45, 2.75) is 83.4 Å². The van der Waals surface area contributed by atoms with Crippen molar-refractivity contribution in [3.8, 4) is 0 Å². The molecule has 1 aliphatic rings. The fourth-order valence-electron chi connectivity index (χ4n) is 3.28. The molecule has 0 unspecified atom stereocenters. The molecule has 5 atom stereocenters. The Morgan fingerprint density at radius 3 is 2.50 bits per heavy atom. The van der Waals surface area contributed by atoms with Crippen LogP contribution in [0, 0.1) is 12.3 Å². The van der Waals surface area contributed by atoms with Gasteiger partial charge in [-0.25, -0.2) is 9.88 Å². The second-order valence-corrected chi connectivity index (χ2v) is 16.2. The molecular formula is C23H36Cl2N3O9PS2. The van der Waals surface area contributed by atoms with E-state index in [1.54, 1.807) is 34.6 Å². The zero-order chi connectivity index (χ0) is 30.6. The highest BCUT2D eigenvalue weighted by Crippen LogP contribution is 2.49. The minimum Gasteiger partial charge on any atom is -0.462 e. The number of esters is 1. The Labute approximate surface area is 252 Å². The van der Waals surface area contributed by atoms with Gasteiger partial charge in [0.25, 0.3) is 12.2 Å². The number of hydrogen-bond acceptors (Lipinski definition) is 11. The molecule has 228 valence electrons. The van der Waals surface area contributed by atoms with Crippen molar-refractivity contribution in [2.24, 2.45) is 5.41 Å². The standard InChI is InChI=1S/C23H36Cl2N3O9PS2/c1-12(2)36-18(31)14(4)27-38(39,34-8-9-40-20(32)22(5,6)7)35-11-15-16(29)23(24,25)19(37-15)28-10-13(3)17(30)26-21(28)33/h10,12,14-16,19,29H,8-9,11H2,1-7H3,(H,27,39)(H,26,30,33)/t14-,15+,16+,19+,38+/m0/s1. The van der Waals surface area contributed by atoms with Crippen LogP contribution in [0.4, 0.5) is 0 Å². The zero-order valence-electron chi connectivity index (χ0n) is 23.3. The summed E-state index contributed by atoms with van der Waals surface area (Å²) in [5, 5.41) is 13.7. The first-order chi connectivity index (χ1) is 18.3. The van der Waals surface area contributed by atoms with Crippen molar-refractivity contribution < 1.29 is 33.2 Å². The third-order valence-electron chi connectivity index (χ3n) is 5.43. The molecule has 0 amide bonds. The van der Waals surface area contributed by atoms with Gasteiger partial charge >= 0.3 is 11.7 Å². The summed E-state index contributed by atoms with van der Waals surface area (Å²) in [4.78, 5) is 51.0. The van der Waals surface area contributed by atoms with Crippen molar-refractivity contribution in [3.05, 3.63) is 32.6 Å². The summed E-state index contributed by atoms with van der Waals surface area (Å²) in [6.07, 6.45) is -3.26. The first-order valence-corrected chi connectivity index (χ1v) is 16.7. The van der Waals surface area contributed by atoms with Crippen LogP contribution in [-0.2, 0) is 39.9 Å². The van der Waals surface area contributed by atoms with Gasteiger partial charge in [-0.3, -0.25) is 23.9 Å². The van der Waals surface area contributed by atoms with Gasteiger partial charge in [0.05, 0.1) is 19.3 Å². The van der Waals surface area contributed by atoms with Gasteiger partial charge in [0.2, 0.25) is 0 Å². The van der Waals surface area contributed by atoms with Crippen molar-refractivity contribution in [2.75, 3.05) is 19.0 Å². The molecule has 1 aliphatic heterocycles. The summed E-state index contributed by atoms with van der Waals surface area (Å²) in [5.74, 6) is -0.310. The van der Waals surface area contributed by atoms with E-state index in [4.69, 9.17) is 53.5 Å². The fourth-order valence-corrected chi connectivity index (χ4v) is 7.14. The molecule has 17 heteroatoms. The molecule has 2 heterocycles. The molecule has 1 aromatic heterocycles. The monoisotopic (exact) mass is 663 g/mol. The SMILES string of the molecule is Cc1cn([C@@H]2O[C@H](CO[P@@](=S)(N[C@@H](C)C(=O)OC(C)C)OCCSC(=O)C(C)(C)C)[C@@H](O)C2(Cl)Cl)c(=O)[nH]c1=O. The topological polar surface area (TPSA) is 158 Å². The lowest BCUT2D eigenvalue weighted by Crippen LogP contribution is -2.42. The molecule has 0 aliphatic carbocycles. The maximum Gasteiger partial charge on any atom is 0.330 e. The van der Waals surface area contributed by atoms with E-state index in [1.807, 2.05) is 0 Å². The van der Waals surface area contributed by atoms with Crippen molar-refractivity contribution in [1.29, 1.82) is 0 Å². The van der Waals surface area contributed by atoms with Crippen LogP contribution in [0.3, 0.4) is 0 Å². The number of ether oxygens (including phenoxy) is 2. The van der Waals surface area contributed by atoms with Gasteiger partial charge in [0, 0.05) is 22.9 Å². The number of hydrogen-bond donors (Lipinski definition) is 3. The molecule has 0 aromatic carbocycles. The Bertz CT molecular complexity index is 1240. The Morgan fingerprint density at radius 1 is 1.30 bits per heavy atom. The second kappa shape index (κ2) is 14.1. The lowest BCUT2D eigenvalue weighted by molar-refractivity contribution is -0.149. The van der Waals surface area contributed by atoms with Crippen LogP contribution >= 0.6 is 41.6 Å². The number of nitrogens with one attached hydrogen (secondary N) is 2. The van der Waals surface area contributed by atoms with E-state index >= 15 is 0 Å². The highest BCUT2D eigenvalue weighted by atomic mass is 35.5. The van der Waals surface area contributed by atoms with Crippen molar-refractivity contribution in [3.63, 3.8) is 0 Å². The van der Waals surface area contributed by atoms with Gasteiger partial charge < -0.3 is 23.6 Å². The Hall–Kier alpha value is -0.800. The van der Waals surface area contributed by atoms with Crippen LogP contribution in [0.25, 0.3) is 0 Å². The van der Waals surface area contributed by atoms with Crippen molar-refractivity contribution in [1.82, 2.24) is 14.6 Å². The average molecular weight is 665 g/mol. The number of aromatic nitrogens is 2. The third-order valence-corrected chi connectivity index (χ3v) is 10.2. The van der Waals surface area contributed by atoms with E-state index in [9.17, 15) is 24.3 Å². The first kappa shape index (κ1) is 35.4. The lowest BCUT2D eigenvalue weighted by atomic mass is 10.00. The predicted molar refractivity (Wildman–Crippen MR) is 157 cm³/mol. The molecule has 0 saturated carbocycles. The van der Waals surface area contributed by atoms with Gasteiger partial charge in [-0.05, 0) is 39.5 Å². The van der Waals surface area contributed by atoms with Gasteiger partial charge in [0.1, 0.15) is 18.2 Å². The van der Waals surface area contributed by atoms with E-state index < -0.39 is 58.1 Å². The number of rotatable bonds is 12. The summed E-state index contributed by atoms with van der Waals surface area (Å²) >= 11 is 19.5. The van der Waals surface area contributed by atoms with E-state index in [0.29, 0.717) is 0 Å². The normalized spacial score (nSPS) is 23.1. The summed E-state index contributed by atoms with van der Waals surface area (Å²) in [6.45, 7) is 7.99. The number of H-pyrrole nitrogens is 1. The molecule has 0 radical (unpaired) electrons. The third kappa shape index (κ3) is 9.35. The van der Waals surface area contributed by atoms with Gasteiger partial charge in [-0.1, -0.05) is 55.7 Å². The highest BCUT2D eigenvalue weighted by molar-refractivity contribution is 8.13. The molecule has 12 nitrogen and oxygen atoms in total. The smallest absolute Gasteiger partial charge is 0.330 e. The van der Waals surface area contributed by atoms with E-state index in [1.165, 1.54) is 20.0 Å². The van der Waals surface area contributed by atoms with Gasteiger partial charge in [-0.2, -0.15) is 0 Å². The minimum absolute atomic E-state index is 0.0143. The van der Waals surface area contributed by atoms with Crippen LogP contribution in [0.15, 0.2) is 15.8 Å². The number of carbonyl (C=O) groups excluding carboxylic acids is 2. The number of carbonyl (C=O) groups is 2. The molecule has 2 rings (SSSR count). The fraction of sp³-hybridized carbons (Fsp3) is 0.739. The van der Waals surface area contributed by atoms with Crippen LogP contribution in [-0.4, -0.2) is 73.4 Å². The molecule has 0 bridgehead atoms. The zero-order valence-corrected chi connectivity index (χ0v) is 27.3. The predicted octanol–water partition coefficient (Wildman–Crippen LogP) is 2.77. The number of aliphatic hydroxyl groups is 1. The van der Waals surface area contributed by atoms with Crippen LogP contribution < -0.4 is 16.3 Å². The number of alkyl halides is 2. The van der Waals surface area contributed by atoms with Gasteiger partial charge in [-0.15, -0.1) is 0 Å². The first-order valence-electron chi connectivity index (χ1n) is 12.4. The maximum atomic E-state index is 12.4. The van der Waals surface area contributed by atoms with Crippen LogP contribution in [0.5, 0.6) is 0 Å². The lowest BCUT2D eigenvalue weighted by Gasteiger charge is -2.28. The van der Waals surface area contributed by atoms with E-state index in [2.05, 4.69) is 10.1 Å². The number of halogens is 2. The van der Waals surface area contributed by atoms with E-state index in [-0.39, 0.29) is 35.7 Å². The molecule has 1 fully saturated rings. The minimum atomic E-state index is -3.45. The number of aryl methyl sites for hydroxylation is 1. The Kier molecular flexibility index (Phi) is 12.5. The second-order valence-electron chi connectivity index (χ2n) is 10.5. The summed E-state index contributed by atoms with van der Waals surface area (Å²) in [7, 11) is 0. The van der Waals surface area contributed by atoms with Crippen LogP contribution in [0.1, 0.15) is 53.3 Å². The maximum absolute atomic E-state index is 12.4. The molecule has 1 saturated heterocycles. The Morgan fingerprint density at radius 2 is 1.93 bits per heavy atom. The largest absolute Gasteiger partial charge is 0.462 e. The van der Waals surface area contributed by atoms with E-state index in [0.717, 1.165) is 16.3 Å². The summed E-state index contributed by atoms with van der Waals surface area (Å²) < 4.78 is 21.7. The average Bonchev–Trinajstić information content (AvgIpc) is 3.05. The van der Waals surface area contributed by atoms with Crippen LogP contribution in [0.2, 0.25) is 0 Å². The Balaban J connectivity index is 2.19. The molecule has 40 heavy (non-hydrogen) atoms. The molecule has 3 N–H and O–H groups in total. The van der Waals surface area contributed by atoms with Crippen molar-refractivity contribution >= 4 is 64.5 Å². The quantitative estimate of drug-likeness (QED) is 0.130. The summed E-state index contributed by atoms with van der Waals surface area (Å²) in [5.41, 5.74) is -1.77. The number of aromatic amines is 1. The molecule has 1 aromatic rings. The van der Waals surface area contributed by atoms with Gasteiger partial charge in [0.15, 0.2) is 15.7 Å².